The highest BCUT2D eigenvalue weighted by Crippen LogP contribution is 2.29. The Morgan fingerprint density at radius 3 is 2.43 bits per heavy atom. The second-order valence-corrected chi connectivity index (χ2v) is 8.43. The van der Waals surface area contributed by atoms with Crippen LogP contribution < -0.4 is 5.32 Å². The van der Waals surface area contributed by atoms with Crippen molar-refractivity contribution >= 4 is 35.5 Å². The standard InChI is InChI=1S/C23H24ClN3O3/c1-13-8-9-18(12-20(13)24)26-14(2)10-16(15(26)3)11-19-21(28)25-23(30)27(22(19)29)17-6-4-5-7-17/h8-12,17H,4-7H2,1-3H3,(H,25,28,30)/b19-11-. The van der Waals surface area contributed by atoms with Crippen LogP contribution in [0.3, 0.4) is 0 Å². The van der Waals surface area contributed by atoms with E-state index < -0.39 is 17.8 Å². The first-order valence-corrected chi connectivity index (χ1v) is 10.5. The highest BCUT2D eigenvalue weighted by Gasteiger charge is 2.40. The molecule has 156 valence electrons. The van der Waals surface area contributed by atoms with Crippen LogP contribution >= 0.6 is 11.6 Å². The van der Waals surface area contributed by atoms with Gasteiger partial charge in [-0.2, -0.15) is 0 Å². The Morgan fingerprint density at radius 1 is 1.07 bits per heavy atom. The van der Waals surface area contributed by atoms with Gasteiger partial charge in [0.05, 0.1) is 0 Å². The van der Waals surface area contributed by atoms with Crippen LogP contribution in [0.15, 0.2) is 29.8 Å². The Morgan fingerprint density at radius 2 is 1.77 bits per heavy atom. The normalized spacial score (nSPS) is 19.1. The number of amides is 4. The third-order valence-corrected chi connectivity index (χ3v) is 6.41. The molecule has 0 spiro atoms. The van der Waals surface area contributed by atoms with Crippen molar-refractivity contribution in [2.75, 3.05) is 0 Å². The maximum atomic E-state index is 13.0. The predicted octanol–water partition coefficient (Wildman–Crippen LogP) is 4.46. The fourth-order valence-electron chi connectivity index (χ4n) is 4.37. The number of halogens is 1. The van der Waals surface area contributed by atoms with Gasteiger partial charge in [-0.25, -0.2) is 4.79 Å². The number of benzene rings is 1. The lowest BCUT2D eigenvalue weighted by Crippen LogP contribution is -2.57. The van der Waals surface area contributed by atoms with Gasteiger partial charge in [0.2, 0.25) is 0 Å². The lowest BCUT2D eigenvalue weighted by Gasteiger charge is -2.31. The second-order valence-electron chi connectivity index (χ2n) is 8.03. The molecule has 2 heterocycles. The molecule has 1 aromatic heterocycles. The highest BCUT2D eigenvalue weighted by atomic mass is 35.5. The molecule has 1 aromatic carbocycles. The number of rotatable bonds is 3. The summed E-state index contributed by atoms with van der Waals surface area (Å²) in [7, 11) is 0. The maximum Gasteiger partial charge on any atom is 0.331 e. The monoisotopic (exact) mass is 425 g/mol. The molecule has 0 radical (unpaired) electrons. The summed E-state index contributed by atoms with van der Waals surface area (Å²) in [6, 6.07) is 7.00. The van der Waals surface area contributed by atoms with E-state index in [0.29, 0.717) is 5.02 Å². The first kappa shape index (κ1) is 20.4. The van der Waals surface area contributed by atoms with Crippen molar-refractivity contribution in [3.05, 3.63) is 57.4 Å². The third kappa shape index (κ3) is 3.45. The molecule has 0 unspecified atom stereocenters. The first-order valence-electron chi connectivity index (χ1n) is 10.1. The zero-order chi connectivity index (χ0) is 21.6. The molecular formula is C23H24ClN3O3. The Balaban J connectivity index is 1.73. The number of carbonyl (C=O) groups excluding carboxylic acids is 3. The van der Waals surface area contributed by atoms with Gasteiger partial charge in [-0.3, -0.25) is 19.8 Å². The Labute approximate surface area is 180 Å². The van der Waals surface area contributed by atoms with Crippen molar-refractivity contribution in [2.24, 2.45) is 0 Å². The quantitative estimate of drug-likeness (QED) is 0.583. The van der Waals surface area contributed by atoms with Gasteiger partial charge in [-0.05, 0) is 69.0 Å². The van der Waals surface area contributed by atoms with Gasteiger partial charge in [-0.15, -0.1) is 0 Å². The van der Waals surface area contributed by atoms with Crippen LogP contribution in [-0.2, 0) is 9.59 Å². The van der Waals surface area contributed by atoms with E-state index in [1.807, 2.05) is 49.6 Å². The topological polar surface area (TPSA) is 71.4 Å². The summed E-state index contributed by atoms with van der Waals surface area (Å²) >= 11 is 6.30. The Kier molecular flexibility index (Phi) is 5.28. The van der Waals surface area contributed by atoms with Crippen LogP contribution in [0.1, 0.15) is 48.2 Å². The molecule has 6 nitrogen and oxygen atoms in total. The number of aryl methyl sites for hydroxylation is 2. The molecule has 2 fully saturated rings. The number of hydrogen-bond donors (Lipinski definition) is 1. The van der Waals surface area contributed by atoms with Gasteiger partial charge in [0.15, 0.2) is 0 Å². The van der Waals surface area contributed by atoms with Crippen LogP contribution in [0.2, 0.25) is 5.02 Å². The van der Waals surface area contributed by atoms with Crippen LogP contribution in [0, 0.1) is 20.8 Å². The summed E-state index contributed by atoms with van der Waals surface area (Å²) < 4.78 is 2.03. The maximum absolute atomic E-state index is 13.0. The first-order chi connectivity index (χ1) is 14.3. The Hall–Kier alpha value is -2.86. The number of hydrogen-bond acceptors (Lipinski definition) is 3. The average Bonchev–Trinajstić information content (AvgIpc) is 3.29. The molecule has 1 aliphatic carbocycles. The summed E-state index contributed by atoms with van der Waals surface area (Å²) in [6.07, 6.45) is 5.11. The van der Waals surface area contributed by atoms with Gasteiger partial charge >= 0.3 is 6.03 Å². The summed E-state index contributed by atoms with van der Waals surface area (Å²) in [5.74, 6) is -1.17. The van der Waals surface area contributed by atoms with Crippen LogP contribution in [0.4, 0.5) is 4.79 Å². The van der Waals surface area contributed by atoms with Gasteiger partial charge in [0.25, 0.3) is 11.8 Å². The van der Waals surface area contributed by atoms with Crippen molar-refractivity contribution < 1.29 is 14.4 Å². The molecule has 1 saturated carbocycles. The lowest BCUT2D eigenvalue weighted by atomic mass is 10.1. The molecular weight excluding hydrogens is 402 g/mol. The largest absolute Gasteiger partial charge is 0.331 e. The number of nitrogens with one attached hydrogen (secondary N) is 1. The van der Waals surface area contributed by atoms with Crippen molar-refractivity contribution in [1.29, 1.82) is 0 Å². The smallest absolute Gasteiger partial charge is 0.318 e. The van der Waals surface area contributed by atoms with Crippen molar-refractivity contribution in [2.45, 2.75) is 52.5 Å². The minimum absolute atomic E-state index is 0.0105. The number of barbiturate groups is 1. The van der Waals surface area contributed by atoms with E-state index >= 15 is 0 Å². The second kappa shape index (κ2) is 7.76. The Bertz CT molecular complexity index is 1090. The number of aromatic nitrogens is 1. The predicted molar refractivity (Wildman–Crippen MR) is 116 cm³/mol. The minimum atomic E-state index is -0.651. The van der Waals surface area contributed by atoms with Gasteiger partial charge in [-0.1, -0.05) is 30.5 Å². The number of urea groups is 1. The average molecular weight is 426 g/mol. The van der Waals surface area contributed by atoms with Crippen LogP contribution in [0.25, 0.3) is 11.8 Å². The molecule has 0 atom stereocenters. The summed E-state index contributed by atoms with van der Waals surface area (Å²) in [4.78, 5) is 39.0. The van der Waals surface area contributed by atoms with E-state index in [1.165, 1.54) is 4.90 Å². The molecule has 0 bridgehead atoms. The fourth-order valence-corrected chi connectivity index (χ4v) is 4.55. The van der Waals surface area contributed by atoms with Crippen molar-refractivity contribution in [3.8, 4) is 5.69 Å². The molecule has 1 saturated heterocycles. The summed E-state index contributed by atoms with van der Waals surface area (Å²) in [6.45, 7) is 5.83. The minimum Gasteiger partial charge on any atom is -0.318 e. The van der Waals surface area contributed by atoms with Crippen molar-refractivity contribution in [3.63, 3.8) is 0 Å². The third-order valence-electron chi connectivity index (χ3n) is 6.01. The van der Waals surface area contributed by atoms with Crippen LogP contribution in [0.5, 0.6) is 0 Å². The molecule has 1 N–H and O–H groups in total. The molecule has 4 amide bonds. The molecule has 2 aliphatic rings. The number of nitrogens with zero attached hydrogens (tertiary/aromatic N) is 2. The number of carbonyl (C=O) groups is 3. The van der Waals surface area contributed by atoms with E-state index in [4.69, 9.17) is 11.6 Å². The lowest BCUT2D eigenvalue weighted by molar-refractivity contribution is -0.131. The van der Waals surface area contributed by atoms with E-state index in [9.17, 15) is 14.4 Å². The van der Waals surface area contributed by atoms with Gasteiger partial charge in [0.1, 0.15) is 5.57 Å². The zero-order valence-corrected chi connectivity index (χ0v) is 18.0. The molecule has 30 heavy (non-hydrogen) atoms. The van der Waals surface area contributed by atoms with E-state index in [0.717, 1.165) is 53.9 Å². The van der Waals surface area contributed by atoms with Gasteiger partial charge in [0, 0.05) is 28.1 Å². The molecule has 2 aromatic rings. The van der Waals surface area contributed by atoms with Crippen molar-refractivity contribution in [1.82, 2.24) is 14.8 Å². The number of imide groups is 2. The van der Waals surface area contributed by atoms with Gasteiger partial charge < -0.3 is 4.57 Å². The fraction of sp³-hybridized carbons (Fsp3) is 0.348. The summed E-state index contributed by atoms with van der Waals surface area (Å²) in [5, 5.41) is 3.00. The molecule has 7 heteroatoms. The van der Waals surface area contributed by atoms with E-state index in [-0.39, 0.29) is 11.6 Å². The zero-order valence-electron chi connectivity index (χ0n) is 17.3. The van der Waals surface area contributed by atoms with Crippen LogP contribution in [-0.4, -0.2) is 33.4 Å². The SMILES string of the molecule is Cc1ccc(-n2c(C)cc(/C=C3/C(=O)NC(=O)N(C4CCCC4)C3=O)c2C)cc1Cl. The van der Waals surface area contributed by atoms with E-state index in [1.54, 1.807) is 6.08 Å². The summed E-state index contributed by atoms with van der Waals surface area (Å²) in [5.41, 5.74) is 4.47. The molecule has 1 aliphatic heterocycles. The van der Waals surface area contributed by atoms with E-state index in [2.05, 4.69) is 5.32 Å². The molecule has 4 rings (SSSR count). The highest BCUT2D eigenvalue weighted by molar-refractivity contribution is 6.31.